The number of hydrogen-bond donors (Lipinski definition) is 5. The van der Waals surface area contributed by atoms with Crippen molar-refractivity contribution in [3.63, 3.8) is 0 Å². The van der Waals surface area contributed by atoms with Crippen LogP contribution in [0.15, 0.2) is 109 Å². The average Bonchev–Trinajstić information content (AvgIpc) is 3.32. The molecular formula is C53H67F3N6O9. The second kappa shape index (κ2) is 27.3. The predicted octanol–water partition coefficient (Wildman–Crippen LogP) is 8.00. The summed E-state index contributed by atoms with van der Waals surface area (Å²) in [4.78, 5) is 81.5. The highest BCUT2D eigenvalue weighted by atomic mass is 19.4. The second-order valence-corrected chi connectivity index (χ2v) is 18.6. The Balaban J connectivity index is 1.51. The van der Waals surface area contributed by atoms with Gasteiger partial charge in [-0.05, 0) is 93.7 Å². The summed E-state index contributed by atoms with van der Waals surface area (Å²) in [5, 5.41) is 12.8. The monoisotopic (exact) mass is 988 g/mol. The van der Waals surface area contributed by atoms with Crippen LogP contribution in [0.25, 0.3) is 0 Å². The average molecular weight is 989 g/mol. The maximum Gasteiger partial charge on any atom is 0.471 e. The van der Waals surface area contributed by atoms with Crippen molar-refractivity contribution in [3.05, 3.63) is 137 Å². The lowest BCUT2D eigenvalue weighted by molar-refractivity contribution is -0.173. The molecule has 5 N–H and O–H groups in total. The summed E-state index contributed by atoms with van der Waals surface area (Å²) in [5.74, 6) is -3.89. The SMILES string of the molecule is Cc1ccc(COc2ccc(COC(=O)[C@@H](CCCCNC(=O)OC(C)(C)C)NC(=O)[C@@H](CC(C)C)NC(=O)[C@@H](Cc3ccccc3)NC(=O)N(C)C(CNC(=O)C(F)(F)F)c3ccccc3)cc2)cc1. The van der Waals surface area contributed by atoms with E-state index in [1.807, 2.05) is 50.4 Å². The predicted molar refractivity (Wildman–Crippen MR) is 262 cm³/mol. The molecule has 0 heterocycles. The van der Waals surface area contributed by atoms with Crippen LogP contribution >= 0.6 is 0 Å². The van der Waals surface area contributed by atoms with E-state index in [1.165, 1.54) is 7.05 Å². The van der Waals surface area contributed by atoms with Crippen molar-refractivity contribution in [2.75, 3.05) is 20.1 Å². The van der Waals surface area contributed by atoms with Crippen molar-refractivity contribution in [1.29, 1.82) is 0 Å². The van der Waals surface area contributed by atoms with Gasteiger partial charge in [0.25, 0.3) is 0 Å². The topological polar surface area (TPSA) is 194 Å². The van der Waals surface area contributed by atoms with Gasteiger partial charge in [-0.25, -0.2) is 14.4 Å². The standard InChI is InChI=1S/C53H67F3N6O9/c1-35(2)30-43(60-47(64)44(31-37-16-10-8-11-17-37)61-50(67)62(7)45(40-18-12-9-13-19-40)32-58-49(66)53(54,55)56)46(63)59-42(20-14-15-29-57-51(68)71-52(4,5)6)48(65)70-34-39-25-27-41(28-26-39)69-33-38-23-21-36(3)22-24-38/h8-13,16-19,21-28,35,42-45H,14-15,20,29-34H2,1-7H3,(H,57,68)(H,58,66)(H,59,63)(H,60,64)(H,61,67)/t42-,43-,44-,45?/m1/s1. The molecule has 0 bridgehead atoms. The van der Waals surface area contributed by atoms with Gasteiger partial charge in [-0.3, -0.25) is 14.4 Å². The lowest BCUT2D eigenvalue weighted by atomic mass is 10.00. The van der Waals surface area contributed by atoms with Crippen LogP contribution in [0.5, 0.6) is 5.75 Å². The Labute approximate surface area is 414 Å². The number of ether oxygens (including phenoxy) is 3. The Bertz CT molecular complexity index is 2330. The van der Waals surface area contributed by atoms with Crippen LogP contribution in [-0.4, -0.2) is 90.8 Å². The summed E-state index contributed by atoms with van der Waals surface area (Å²) in [6.45, 7) is 10.8. The molecule has 384 valence electrons. The molecule has 4 aromatic rings. The molecule has 0 saturated carbocycles. The normalized spacial score (nSPS) is 13.1. The van der Waals surface area contributed by atoms with Crippen LogP contribution in [0.4, 0.5) is 22.8 Å². The van der Waals surface area contributed by atoms with E-state index in [4.69, 9.17) is 14.2 Å². The first-order chi connectivity index (χ1) is 33.6. The number of aryl methyl sites for hydroxylation is 1. The minimum Gasteiger partial charge on any atom is -0.489 e. The molecule has 0 aliphatic rings. The number of nitrogens with zero attached hydrogens (tertiary/aromatic N) is 1. The zero-order valence-electron chi connectivity index (χ0n) is 41.4. The van der Waals surface area contributed by atoms with Crippen molar-refractivity contribution in [2.24, 2.45) is 5.92 Å². The first kappa shape index (κ1) is 56.5. The number of unbranched alkanes of at least 4 members (excludes halogenated alkanes) is 1. The number of urea groups is 1. The van der Waals surface area contributed by atoms with Crippen molar-refractivity contribution in [2.45, 2.75) is 123 Å². The maximum atomic E-state index is 14.3. The summed E-state index contributed by atoms with van der Waals surface area (Å²) >= 11 is 0. The summed E-state index contributed by atoms with van der Waals surface area (Å²) in [6, 6.07) is 26.2. The molecule has 0 fully saturated rings. The Kier molecular flexibility index (Phi) is 21.7. The number of esters is 1. The van der Waals surface area contributed by atoms with Crippen LogP contribution in [0.2, 0.25) is 0 Å². The van der Waals surface area contributed by atoms with Crippen LogP contribution in [-0.2, 0) is 48.3 Å². The smallest absolute Gasteiger partial charge is 0.471 e. The highest BCUT2D eigenvalue weighted by Gasteiger charge is 2.39. The largest absolute Gasteiger partial charge is 0.489 e. The molecule has 18 heteroatoms. The molecule has 4 aromatic carbocycles. The first-order valence-electron chi connectivity index (χ1n) is 23.6. The van der Waals surface area contributed by atoms with Crippen molar-refractivity contribution < 1.29 is 56.1 Å². The van der Waals surface area contributed by atoms with E-state index in [2.05, 4.69) is 21.3 Å². The first-order valence-corrected chi connectivity index (χ1v) is 23.6. The number of nitrogens with one attached hydrogen (secondary N) is 5. The molecule has 6 amide bonds. The van der Waals surface area contributed by atoms with E-state index < -0.39 is 78.3 Å². The molecule has 0 aliphatic heterocycles. The molecule has 71 heavy (non-hydrogen) atoms. The highest BCUT2D eigenvalue weighted by Crippen LogP contribution is 2.22. The van der Waals surface area contributed by atoms with E-state index >= 15 is 0 Å². The quantitative estimate of drug-likeness (QED) is 0.0342. The number of carbonyl (C=O) groups is 6. The van der Waals surface area contributed by atoms with Crippen molar-refractivity contribution >= 4 is 35.8 Å². The third kappa shape index (κ3) is 20.4. The number of likely N-dealkylation sites (N-methyl/N-ethyl adjacent to an activating group) is 1. The fraction of sp³-hybridized carbons (Fsp3) is 0.434. The zero-order valence-corrected chi connectivity index (χ0v) is 41.4. The molecule has 0 spiro atoms. The number of halogens is 3. The van der Waals surface area contributed by atoms with E-state index in [9.17, 15) is 41.9 Å². The van der Waals surface area contributed by atoms with Gasteiger partial charge >= 0.3 is 30.2 Å². The fourth-order valence-electron chi connectivity index (χ4n) is 7.16. The van der Waals surface area contributed by atoms with Gasteiger partial charge in [0, 0.05) is 26.6 Å². The van der Waals surface area contributed by atoms with Gasteiger partial charge in [-0.2, -0.15) is 13.2 Å². The molecule has 1 unspecified atom stereocenters. The number of rotatable bonds is 24. The van der Waals surface area contributed by atoms with Crippen LogP contribution in [0.1, 0.15) is 94.2 Å². The summed E-state index contributed by atoms with van der Waals surface area (Å²) < 4.78 is 56.5. The minimum atomic E-state index is -5.16. The molecule has 0 aromatic heterocycles. The molecular weight excluding hydrogens is 922 g/mol. The Morgan fingerprint density at radius 2 is 1.24 bits per heavy atom. The van der Waals surface area contributed by atoms with Crippen molar-refractivity contribution in [1.82, 2.24) is 31.5 Å². The number of hydrogen-bond acceptors (Lipinski definition) is 9. The third-order valence-electron chi connectivity index (χ3n) is 10.9. The van der Waals surface area contributed by atoms with E-state index in [0.717, 1.165) is 16.0 Å². The lowest BCUT2D eigenvalue weighted by Gasteiger charge is -2.31. The third-order valence-corrected chi connectivity index (χ3v) is 10.9. The lowest BCUT2D eigenvalue weighted by Crippen LogP contribution is -2.58. The van der Waals surface area contributed by atoms with Crippen molar-refractivity contribution in [3.8, 4) is 5.75 Å². The highest BCUT2D eigenvalue weighted by molar-refractivity contribution is 5.93. The molecule has 15 nitrogen and oxygen atoms in total. The van der Waals surface area contributed by atoms with Crippen LogP contribution in [0, 0.1) is 12.8 Å². The minimum absolute atomic E-state index is 0.0464. The number of carbonyl (C=O) groups excluding carboxylic acids is 6. The van der Waals surface area contributed by atoms with E-state index in [-0.39, 0.29) is 38.3 Å². The summed E-state index contributed by atoms with van der Waals surface area (Å²) in [7, 11) is 1.32. The van der Waals surface area contributed by atoms with Gasteiger partial charge in [0.15, 0.2) is 0 Å². The van der Waals surface area contributed by atoms with Gasteiger partial charge in [0.2, 0.25) is 11.8 Å². The van der Waals surface area contributed by atoms with Gasteiger partial charge < -0.3 is 45.7 Å². The molecule has 4 rings (SSSR count). The fourth-order valence-corrected chi connectivity index (χ4v) is 7.16. The Hall–Kier alpha value is -7.11. The number of amides is 6. The van der Waals surface area contributed by atoms with Crippen LogP contribution < -0.4 is 31.3 Å². The Morgan fingerprint density at radius 3 is 1.85 bits per heavy atom. The van der Waals surface area contributed by atoms with Gasteiger partial charge in [0.1, 0.15) is 42.7 Å². The van der Waals surface area contributed by atoms with Gasteiger partial charge in [-0.15, -0.1) is 0 Å². The number of benzene rings is 4. The summed E-state index contributed by atoms with van der Waals surface area (Å²) in [5.41, 5.74) is 3.17. The van der Waals surface area contributed by atoms with Gasteiger partial charge in [0.05, 0.1) is 6.04 Å². The van der Waals surface area contributed by atoms with E-state index in [0.29, 0.717) is 41.9 Å². The molecule has 4 atom stereocenters. The van der Waals surface area contributed by atoms with Crippen LogP contribution in [0.3, 0.4) is 0 Å². The van der Waals surface area contributed by atoms with Gasteiger partial charge in [-0.1, -0.05) is 116 Å². The second-order valence-electron chi connectivity index (χ2n) is 18.6. The Morgan fingerprint density at radius 1 is 0.662 bits per heavy atom. The molecule has 0 radical (unpaired) electrons. The molecule has 0 aliphatic carbocycles. The maximum absolute atomic E-state index is 14.3. The van der Waals surface area contributed by atoms with E-state index in [1.54, 1.807) is 106 Å². The zero-order chi connectivity index (χ0) is 52.1. The number of alkyl carbamates (subject to hydrolysis) is 1. The molecule has 0 saturated heterocycles. The summed E-state index contributed by atoms with van der Waals surface area (Å²) in [6.07, 6.45) is -4.78. The number of alkyl halides is 3.